The van der Waals surface area contributed by atoms with Gasteiger partial charge in [0.2, 0.25) is 10.0 Å². The smallest absolute Gasteiger partial charge is 0.307 e. The zero-order chi connectivity index (χ0) is 24.6. The molecule has 0 saturated heterocycles. The van der Waals surface area contributed by atoms with Gasteiger partial charge in [-0.2, -0.15) is 0 Å². The van der Waals surface area contributed by atoms with E-state index in [1.54, 1.807) is 60.1 Å². The van der Waals surface area contributed by atoms with E-state index in [0.29, 0.717) is 32.5 Å². The van der Waals surface area contributed by atoms with Crippen LogP contribution < -0.4 is 14.5 Å². The lowest BCUT2D eigenvalue weighted by Crippen LogP contribution is -2.29. The Balaban J connectivity index is 1.57. The summed E-state index contributed by atoms with van der Waals surface area (Å²) in [6, 6.07) is 16.4. The van der Waals surface area contributed by atoms with E-state index in [4.69, 9.17) is 23.2 Å². The van der Waals surface area contributed by atoms with Gasteiger partial charge in [-0.1, -0.05) is 40.6 Å². The number of nitrogens with one attached hydrogen (secondary N) is 1. The highest BCUT2D eigenvalue weighted by Gasteiger charge is 2.21. The van der Waals surface area contributed by atoms with Gasteiger partial charge in [0.1, 0.15) is 0 Å². The Labute approximate surface area is 210 Å². The second-order valence-electron chi connectivity index (χ2n) is 7.58. The molecule has 0 aliphatic rings. The van der Waals surface area contributed by atoms with Crippen molar-refractivity contribution < 1.29 is 13.2 Å². The maximum absolute atomic E-state index is 12.7. The van der Waals surface area contributed by atoms with Crippen molar-refractivity contribution in [2.24, 2.45) is 7.05 Å². The van der Waals surface area contributed by atoms with Gasteiger partial charge in [-0.3, -0.25) is 13.9 Å². The minimum absolute atomic E-state index is 0.0527. The van der Waals surface area contributed by atoms with Gasteiger partial charge in [0.05, 0.1) is 28.7 Å². The molecule has 4 rings (SSSR count). The first kappa shape index (κ1) is 24.3. The monoisotopic (exact) mass is 535 g/mol. The number of aromatic nitrogens is 1. The molecule has 0 spiro atoms. The lowest BCUT2D eigenvalue weighted by molar-refractivity contribution is 0.102. The Bertz CT molecular complexity index is 1540. The van der Waals surface area contributed by atoms with Crippen LogP contribution >= 0.6 is 34.5 Å². The summed E-state index contributed by atoms with van der Waals surface area (Å²) >= 11 is 13.5. The molecule has 7 nitrogen and oxygen atoms in total. The summed E-state index contributed by atoms with van der Waals surface area (Å²) in [6.45, 7) is -0.0527. The third-order valence-corrected chi connectivity index (χ3v) is 8.08. The molecule has 4 aromatic rings. The number of benzene rings is 3. The second-order valence-corrected chi connectivity index (χ2v) is 11.3. The predicted octanol–water partition coefficient (Wildman–Crippen LogP) is 5.13. The van der Waals surface area contributed by atoms with Gasteiger partial charge < -0.3 is 9.88 Å². The molecule has 1 amide bonds. The quantitative estimate of drug-likeness (QED) is 0.370. The van der Waals surface area contributed by atoms with Crippen LogP contribution in [0.5, 0.6) is 0 Å². The minimum Gasteiger partial charge on any atom is -0.322 e. The second kappa shape index (κ2) is 9.42. The highest BCUT2D eigenvalue weighted by atomic mass is 35.5. The van der Waals surface area contributed by atoms with E-state index >= 15 is 0 Å². The molecule has 0 saturated carbocycles. The van der Waals surface area contributed by atoms with Gasteiger partial charge in [0.25, 0.3) is 5.91 Å². The predicted molar refractivity (Wildman–Crippen MR) is 139 cm³/mol. The Kier molecular flexibility index (Phi) is 6.73. The summed E-state index contributed by atoms with van der Waals surface area (Å²) in [5, 5.41) is 3.52. The summed E-state index contributed by atoms with van der Waals surface area (Å²) in [7, 11) is -1.97. The van der Waals surface area contributed by atoms with Crippen LogP contribution in [0.3, 0.4) is 0 Å². The number of sulfonamides is 1. The molecule has 0 radical (unpaired) electrons. The number of carbonyl (C=O) groups is 1. The minimum atomic E-state index is -3.66. The molecular formula is C23H19Cl2N3O4S2. The van der Waals surface area contributed by atoms with Crippen LogP contribution in [-0.2, 0) is 23.6 Å². The molecule has 1 heterocycles. The molecular weight excluding hydrogens is 517 g/mol. The maximum Gasteiger partial charge on any atom is 0.307 e. The van der Waals surface area contributed by atoms with E-state index in [1.807, 2.05) is 0 Å². The van der Waals surface area contributed by atoms with Crippen molar-refractivity contribution in [1.29, 1.82) is 0 Å². The number of rotatable bonds is 6. The van der Waals surface area contributed by atoms with Crippen molar-refractivity contribution in [1.82, 2.24) is 4.57 Å². The number of amides is 1. The van der Waals surface area contributed by atoms with Gasteiger partial charge in [0.15, 0.2) is 0 Å². The summed E-state index contributed by atoms with van der Waals surface area (Å²) in [4.78, 5) is 24.5. The van der Waals surface area contributed by atoms with E-state index in [1.165, 1.54) is 16.4 Å². The first-order valence-electron chi connectivity index (χ1n) is 9.96. The average Bonchev–Trinajstić information content (AvgIpc) is 3.05. The van der Waals surface area contributed by atoms with Crippen molar-refractivity contribution in [2.45, 2.75) is 6.54 Å². The number of thiazole rings is 1. The maximum atomic E-state index is 12.7. The van der Waals surface area contributed by atoms with Crippen LogP contribution in [0.1, 0.15) is 15.9 Å². The Hall–Kier alpha value is -2.85. The molecule has 0 atom stereocenters. The third kappa shape index (κ3) is 4.97. The number of aryl methyl sites for hydroxylation is 1. The number of carbonyl (C=O) groups excluding carboxylic acids is 1. The van der Waals surface area contributed by atoms with Crippen molar-refractivity contribution >= 4 is 72.1 Å². The molecule has 0 unspecified atom stereocenters. The van der Waals surface area contributed by atoms with E-state index in [-0.39, 0.29) is 17.3 Å². The van der Waals surface area contributed by atoms with E-state index in [9.17, 15) is 18.0 Å². The molecule has 0 aliphatic carbocycles. The number of halogens is 2. The fraction of sp³-hybridized carbons (Fsp3) is 0.130. The third-order valence-electron chi connectivity index (χ3n) is 5.23. The summed E-state index contributed by atoms with van der Waals surface area (Å²) < 4.78 is 28.5. The van der Waals surface area contributed by atoms with Gasteiger partial charge in [0, 0.05) is 33.9 Å². The summed E-state index contributed by atoms with van der Waals surface area (Å²) in [6.07, 6.45) is 1.09. The van der Waals surface area contributed by atoms with Crippen LogP contribution in [0.2, 0.25) is 10.0 Å². The normalized spacial score (nSPS) is 11.5. The van der Waals surface area contributed by atoms with Gasteiger partial charge >= 0.3 is 4.87 Å². The highest BCUT2D eigenvalue weighted by molar-refractivity contribution is 7.92. The molecule has 1 aromatic heterocycles. The number of anilines is 2. The molecule has 3 aromatic carbocycles. The van der Waals surface area contributed by atoms with E-state index in [0.717, 1.165) is 27.8 Å². The number of nitrogens with zero attached hydrogens (tertiary/aromatic N) is 2. The zero-order valence-electron chi connectivity index (χ0n) is 18.1. The van der Waals surface area contributed by atoms with Crippen molar-refractivity contribution in [3.05, 3.63) is 91.5 Å². The van der Waals surface area contributed by atoms with Gasteiger partial charge in [-0.25, -0.2) is 8.42 Å². The standard InChI is InChI=1S/C23H19Cl2N3O4S2/c1-27-20-11-8-15(12-21(20)33-23(27)30)26-22(29)14-6-9-16(10-7-14)28(34(2,31)32)13-17-18(24)4-3-5-19(17)25/h3-12H,13H2,1-2H3,(H,26,29). The largest absolute Gasteiger partial charge is 0.322 e. The summed E-state index contributed by atoms with van der Waals surface area (Å²) in [5.41, 5.74) is 2.53. The fourth-order valence-electron chi connectivity index (χ4n) is 3.42. The molecule has 0 aliphatic heterocycles. The van der Waals surface area contributed by atoms with Gasteiger partial charge in [-0.05, 0) is 54.6 Å². The highest BCUT2D eigenvalue weighted by Crippen LogP contribution is 2.29. The van der Waals surface area contributed by atoms with Crippen LogP contribution in [0.25, 0.3) is 10.2 Å². The number of hydrogen-bond acceptors (Lipinski definition) is 5. The topological polar surface area (TPSA) is 88.5 Å². The molecule has 1 N–H and O–H groups in total. The first-order chi connectivity index (χ1) is 16.0. The zero-order valence-corrected chi connectivity index (χ0v) is 21.2. The van der Waals surface area contributed by atoms with Gasteiger partial charge in [-0.15, -0.1) is 0 Å². The lowest BCUT2D eigenvalue weighted by Gasteiger charge is -2.23. The van der Waals surface area contributed by atoms with Crippen LogP contribution in [0.15, 0.2) is 65.5 Å². The summed E-state index contributed by atoms with van der Waals surface area (Å²) in [5.74, 6) is -0.366. The van der Waals surface area contributed by atoms with Crippen molar-refractivity contribution in [3.63, 3.8) is 0 Å². The molecule has 34 heavy (non-hydrogen) atoms. The van der Waals surface area contributed by atoms with Crippen LogP contribution in [0, 0.1) is 0 Å². The van der Waals surface area contributed by atoms with E-state index in [2.05, 4.69) is 5.32 Å². The Morgan fingerprint density at radius 1 is 1.06 bits per heavy atom. The first-order valence-corrected chi connectivity index (χ1v) is 13.4. The average molecular weight is 536 g/mol. The molecule has 0 fully saturated rings. The molecule has 0 bridgehead atoms. The van der Waals surface area contributed by atoms with E-state index < -0.39 is 10.0 Å². The van der Waals surface area contributed by atoms with Crippen molar-refractivity contribution in [2.75, 3.05) is 15.9 Å². The van der Waals surface area contributed by atoms with Crippen LogP contribution in [-0.4, -0.2) is 25.1 Å². The lowest BCUT2D eigenvalue weighted by atomic mass is 10.1. The fourth-order valence-corrected chi connectivity index (χ4v) is 5.73. The Morgan fingerprint density at radius 2 is 1.71 bits per heavy atom. The number of fused-ring (bicyclic) bond motifs is 1. The molecule has 11 heteroatoms. The molecule has 176 valence electrons. The van der Waals surface area contributed by atoms with Crippen LogP contribution in [0.4, 0.5) is 11.4 Å². The number of hydrogen-bond donors (Lipinski definition) is 1. The Morgan fingerprint density at radius 3 is 2.32 bits per heavy atom. The van der Waals surface area contributed by atoms with Crippen molar-refractivity contribution in [3.8, 4) is 0 Å². The SMILES string of the molecule is Cn1c(=O)sc2cc(NC(=O)c3ccc(N(Cc4c(Cl)cccc4Cl)S(C)(=O)=O)cc3)ccc21.